The van der Waals surface area contributed by atoms with Crippen molar-refractivity contribution in [2.75, 3.05) is 11.5 Å². The van der Waals surface area contributed by atoms with E-state index in [0.717, 1.165) is 46.7 Å². The number of ether oxygens (including phenoxy) is 1. The normalized spacial score (nSPS) is 20.0. The highest BCUT2D eigenvalue weighted by Crippen LogP contribution is 2.48. The fourth-order valence-corrected chi connectivity index (χ4v) is 14.4. The first-order valence-electron chi connectivity index (χ1n) is 17.1. The van der Waals surface area contributed by atoms with Gasteiger partial charge in [0.2, 0.25) is 0 Å². The van der Waals surface area contributed by atoms with Gasteiger partial charge in [0.05, 0.1) is 10.2 Å². The van der Waals surface area contributed by atoms with Gasteiger partial charge in [0.25, 0.3) is 0 Å². The van der Waals surface area contributed by atoms with Crippen LogP contribution in [-0.4, -0.2) is 41.1 Å². The number of aromatic hydroxyl groups is 1. The van der Waals surface area contributed by atoms with E-state index in [1.807, 2.05) is 73.8 Å². The second-order valence-electron chi connectivity index (χ2n) is 14.0. The van der Waals surface area contributed by atoms with E-state index < -0.39 is 14.3 Å². The first-order chi connectivity index (χ1) is 23.0. The van der Waals surface area contributed by atoms with Gasteiger partial charge in [-0.15, -0.1) is 30.1 Å². The minimum atomic E-state index is -2.99. The summed E-state index contributed by atoms with van der Waals surface area (Å²) in [5.74, 6) is 3.02. The molecule has 1 heterocycles. The van der Waals surface area contributed by atoms with E-state index in [1.165, 1.54) is 0 Å². The summed E-state index contributed by atoms with van der Waals surface area (Å²) in [4.78, 5) is 14.0. The monoisotopic (exact) mass is 698 g/mol. The molecule has 0 spiro atoms. The first kappa shape index (κ1) is 36.2. The van der Waals surface area contributed by atoms with Crippen molar-refractivity contribution < 1.29 is 19.1 Å². The van der Waals surface area contributed by atoms with Gasteiger partial charge in [0.15, 0.2) is 0 Å². The lowest BCUT2D eigenvalue weighted by molar-refractivity contribution is 0.0307. The summed E-state index contributed by atoms with van der Waals surface area (Å²) in [6, 6.07) is 24.6. The maximum atomic E-state index is 14.0. The molecule has 1 N–H and O–H groups in total. The van der Waals surface area contributed by atoms with E-state index >= 15 is 0 Å². The standard InChI is InChI=1S/C41H50O4S2Si/c1-7-9-16-22-41(46-23-17-24-47-41)29-33-27-34(28-37(42)38(33)39(43)44-30(3)25-32-26-31(32)8-2)45-48(40(4,5)6,35-18-12-10-13-19-35)36-20-14-11-15-21-36/h7-16,18-22,27-28,30-32,42H,2,17,23-26,29H2,1,3-6H3/b9-7-,22-16+/t30-,31-,32-/m0/s1. The summed E-state index contributed by atoms with van der Waals surface area (Å²) >= 11 is 3.80. The first-order valence-corrected chi connectivity index (χ1v) is 21.0. The van der Waals surface area contributed by atoms with Crippen molar-refractivity contribution in [2.24, 2.45) is 11.8 Å². The van der Waals surface area contributed by atoms with Gasteiger partial charge in [-0.1, -0.05) is 112 Å². The fraction of sp³-hybridized carbons (Fsp3) is 0.390. The van der Waals surface area contributed by atoms with E-state index in [2.05, 4.69) is 88.0 Å². The maximum Gasteiger partial charge on any atom is 0.342 e. The molecule has 2 fully saturated rings. The molecule has 1 saturated heterocycles. The number of hydrogen-bond donors (Lipinski definition) is 1. The van der Waals surface area contributed by atoms with Crippen LogP contribution in [0.2, 0.25) is 5.04 Å². The summed E-state index contributed by atoms with van der Waals surface area (Å²) in [6.45, 7) is 14.6. The number of carbonyl (C=O) groups is 1. The minimum Gasteiger partial charge on any atom is -0.534 e. The molecule has 0 radical (unpaired) electrons. The van der Waals surface area contributed by atoms with Crippen LogP contribution in [0.15, 0.2) is 110 Å². The molecule has 3 aromatic carbocycles. The zero-order valence-electron chi connectivity index (χ0n) is 29.0. The van der Waals surface area contributed by atoms with Gasteiger partial charge in [-0.05, 0) is 83.5 Å². The number of phenols is 1. The van der Waals surface area contributed by atoms with Crippen LogP contribution in [0.3, 0.4) is 0 Å². The summed E-state index contributed by atoms with van der Waals surface area (Å²) < 4.78 is 13.1. The molecule has 0 unspecified atom stereocenters. The molecule has 1 saturated carbocycles. The van der Waals surface area contributed by atoms with E-state index in [4.69, 9.17) is 9.16 Å². The van der Waals surface area contributed by atoms with Gasteiger partial charge >= 0.3 is 14.3 Å². The SMILES string of the molecule is C=C[C@H]1C[C@@H]1C[C@H](C)OC(=O)c1c(O)cc(O[Si](c2ccccc2)(c2ccccc2)C(C)(C)C)cc1CC1(/C=C/C=C\C)SCCCS1. The van der Waals surface area contributed by atoms with Crippen molar-refractivity contribution >= 4 is 48.2 Å². The van der Waals surface area contributed by atoms with Gasteiger partial charge in [-0.2, -0.15) is 0 Å². The second-order valence-corrected chi connectivity index (χ2v) is 21.3. The van der Waals surface area contributed by atoms with Crippen LogP contribution in [0.4, 0.5) is 0 Å². The summed E-state index contributed by atoms with van der Waals surface area (Å²) in [7, 11) is -2.99. The third-order valence-corrected chi connectivity index (χ3v) is 17.5. The molecule has 3 aromatic rings. The number of allylic oxidation sites excluding steroid dienone is 4. The van der Waals surface area contributed by atoms with Crippen LogP contribution in [0.1, 0.15) is 69.8 Å². The summed E-state index contributed by atoms with van der Waals surface area (Å²) in [6.07, 6.45) is 13.7. The lowest BCUT2D eigenvalue weighted by atomic mass is 10.00. The van der Waals surface area contributed by atoms with E-state index in [-0.39, 0.29) is 26.5 Å². The van der Waals surface area contributed by atoms with Crippen LogP contribution in [0.25, 0.3) is 0 Å². The topological polar surface area (TPSA) is 55.8 Å². The molecule has 0 amide bonds. The van der Waals surface area contributed by atoms with Crippen molar-refractivity contribution in [2.45, 2.75) is 75.5 Å². The van der Waals surface area contributed by atoms with Crippen molar-refractivity contribution in [3.8, 4) is 11.5 Å². The number of hydrogen-bond acceptors (Lipinski definition) is 6. The third kappa shape index (κ3) is 8.18. The number of thioether (sulfide) groups is 2. The van der Waals surface area contributed by atoms with Gasteiger partial charge < -0.3 is 14.3 Å². The number of esters is 1. The predicted octanol–water partition coefficient (Wildman–Crippen LogP) is 9.33. The highest BCUT2D eigenvalue weighted by Gasteiger charge is 2.52. The average molecular weight is 699 g/mol. The predicted molar refractivity (Wildman–Crippen MR) is 208 cm³/mol. The Balaban J connectivity index is 1.61. The molecule has 0 bridgehead atoms. The highest BCUT2D eigenvalue weighted by molar-refractivity contribution is 8.19. The van der Waals surface area contributed by atoms with Crippen LogP contribution in [-0.2, 0) is 11.2 Å². The Bertz CT molecular complexity index is 1570. The van der Waals surface area contributed by atoms with Crippen LogP contribution < -0.4 is 14.8 Å². The molecule has 2 aliphatic rings. The molecule has 7 heteroatoms. The molecule has 5 rings (SSSR count). The Kier molecular flexibility index (Phi) is 11.8. The van der Waals surface area contributed by atoms with E-state index in [1.54, 1.807) is 6.07 Å². The Morgan fingerprint density at radius 3 is 2.21 bits per heavy atom. The van der Waals surface area contributed by atoms with Crippen molar-refractivity contribution in [1.82, 2.24) is 0 Å². The number of phenolic OH excluding ortho intramolecular Hbond substituents is 1. The van der Waals surface area contributed by atoms with E-state index in [0.29, 0.717) is 24.0 Å². The van der Waals surface area contributed by atoms with Crippen molar-refractivity contribution in [3.05, 3.63) is 121 Å². The van der Waals surface area contributed by atoms with Crippen LogP contribution in [0, 0.1) is 11.8 Å². The molecular weight excluding hydrogens is 649 g/mol. The molecule has 254 valence electrons. The molecule has 3 atom stereocenters. The average Bonchev–Trinajstić information content (AvgIpc) is 3.81. The molecule has 1 aliphatic carbocycles. The molecular formula is C41H50O4S2Si. The van der Waals surface area contributed by atoms with Crippen LogP contribution in [0.5, 0.6) is 11.5 Å². The molecule has 4 nitrogen and oxygen atoms in total. The van der Waals surface area contributed by atoms with Crippen LogP contribution >= 0.6 is 23.5 Å². The lowest BCUT2D eigenvalue weighted by Gasteiger charge is -2.43. The smallest absolute Gasteiger partial charge is 0.342 e. The van der Waals surface area contributed by atoms with Gasteiger partial charge in [0.1, 0.15) is 17.1 Å². The van der Waals surface area contributed by atoms with Gasteiger partial charge in [-0.3, -0.25) is 0 Å². The van der Waals surface area contributed by atoms with Crippen molar-refractivity contribution in [3.63, 3.8) is 0 Å². The largest absolute Gasteiger partial charge is 0.534 e. The van der Waals surface area contributed by atoms with Gasteiger partial charge in [-0.25, -0.2) is 4.79 Å². The third-order valence-electron chi connectivity index (χ3n) is 9.36. The Morgan fingerprint density at radius 2 is 1.67 bits per heavy atom. The number of rotatable bonds is 13. The zero-order chi connectivity index (χ0) is 34.4. The Hall–Kier alpha value is -3.13. The second kappa shape index (κ2) is 15.6. The highest BCUT2D eigenvalue weighted by atomic mass is 32.2. The quantitative estimate of drug-likeness (QED) is 0.0831. The van der Waals surface area contributed by atoms with Gasteiger partial charge in [0, 0.05) is 12.5 Å². The van der Waals surface area contributed by atoms with E-state index in [9.17, 15) is 9.90 Å². The lowest BCUT2D eigenvalue weighted by Crippen LogP contribution is -2.68. The van der Waals surface area contributed by atoms with Crippen molar-refractivity contribution in [1.29, 1.82) is 0 Å². The summed E-state index contributed by atoms with van der Waals surface area (Å²) in [5.41, 5.74) is 0.973. The molecule has 1 aliphatic heterocycles. The summed E-state index contributed by atoms with van der Waals surface area (Å²) in [5, 5.41) is 13.8. The Labute approximate surface area is 297 Å². The molecule has 48 heavy (non-hydrogen) atoms. The zero-order valence-corrected chi connectivity index (χ0v) is 31.6. The number of benzene rings is 3. The number of carbonyl (C=O) groups excluding carboxylic acids is 1. The maximum absolute atomic E-state index is 14.0. The Morgan fingerprint density at radius 1 is 1.04 bits per heavy atom. The molecule has 0 aromatic heterocycles. The fourth-order valence-electron chi connectivity index (χ4n) is 6.89. The minimum absolute atomic E-state index is 0.105.